The molecule has 0 atom stereocenters. The van der Waals surface area contributed by atoms with Gasteiger partial charge in [0, 0.05) is 19.2 Å². The highest BCUT2D eigenvalue weighted by atomic mass is 35.5. The lowest BCUT2D eigenvalue weighted by Crippen LogP contribution is -2.24. The summed E-state index contributed by atoms with van der Waals surface area (Å²) in [5.74, 6) is 0.920. The van der Waals surface area contributed by atoms with Gasteiger partial charge in [-0.1, -0.05) is 30.9 Å². The molecule has 0 bridgehead atoms. The van der Waals surface area contributed by atoms with Crippen molar-refractivity contribution in [2.75, 3.05) is 26.9 Å². The first-order chi connectivity index (χ1) is 13.1. The molecule has 5 nitrogen and oxygen atoms in total. The van der Waals surface area contributed by atoms with Crippen molar-refractivity contribution in [2.45, 2.75) is 51.6 Å². The first-order valence-electron chi connectivity index (χ1n) is 9.72. The predicted molar refractivity (Wildman–Crippen MR) is 109 cm³/mol. The van der Waals surface area contributed by atoms with Crippen LogP contribution in [0.2, 0.25) is 5.02 Å². The summed E-state index contributed by atoms with van der Waals surface area (Å²) in [6.07, 6.45) is 10.6. The zero-order valence-corrected chi connectivity index (χ0v) is 17.0. The highest BCUT2D eigenvalue weighted by Gasteiger charge is 2.13. The number of ether oxygens (including phenoxy) is 3. The summed E-state index contributed by atoms with van der Waals surface area (Å²) in [6, 6.07) is 3.54. The van der Waals surface area contributed by atoms with Crippen molar-refractivity contribution in [3.05, 3.63) is 28.8 Å². The predicted octanol–water partition coefficient (Wildman–Crippen LogP) is 4.62. The van der Waals surface area contributed by atoms with Crippen molar-refractivity contribution in [3.8, 4) is 11.5 Å². The van der Waals surface area contributed by atoms with Gasteiger partial charge in [-0.2, -0.15) is 0 Å². The molecule has 0 unspecified atom stereocenters. The smallest absolute Gasteiger partial charge is 0.244 e. The number of carbonyl (C=O) groups is 1. The van der Waals surface area contributed by atoms with Crippen LogP contribution in [0.4, 0.5) is 0 Å². The maximum Gasteiger partial charge on any atom is 0.244 e. The minimum atomic E-state index is -0.141. The maximum atomic E-state index is 12.0. The lowest BCUT2D eigenvalue weighted by Gasteiger charge is -2.21. The third kappa shape index (κ3) is 7.43. The van der Waals surface area contributed by atoms with Crippen molar-refractivity contribution in [1.29, 1.82) is 0 Å². The molecule has 1 aromatic rings. The van der Waals surface area contributed by atoms with E-state index in [0.717, 1.165) is 12.0 Å². The monoisotopic (exact) mass is 395 g/mol. The Bertz CT molecular complexity index is 627. The van der Waals surface area contributed by atoms with E-state index in [-0.39, 0.29) is 5.91 Å². The van der Waals surface area contributed by atoms with Crippen molar-refractivity contribution in [2.24, 2.45) is 0 Å². The summed E-state index contributed by atoms with van der Waals surface area (Å²) in [4.78, 5) is 12.0. The van der Waals surface area contributed by atoms with Gasteiger partial charge in [0.2, 0.25) is 5.91 Å². The molecular formula is C21H30ClNO4. The molecule has 1 fully saturated rings. The average Bonchev–Trinajstić information content (AvgIpc) is 2.67. The van der Waals surface area contributed by atoms with E-state index in [1.807, 2.05) is 6.92 Å². The van der Waals surface area contributed by atoms with E-state index < -0.39 is 0 Å². The van der Waals surface area contributed by atoms with E-state index in [2.05, 4.69) is 5.32 Å². The third-order valence-corrected chi connectivity index (χ3v) is 4.77. The minimum Gasteiger partial charge on any atom is -0.491 e. The van der Waals surface area contributed by atoms with Crippen LogP contribution in [0.15, 0.2) is 18.2 Å². The molecule has 0 radical (unpaired) electrons. The van der Waals surface area contributed by atoms with Crippen LogP contribution in [-0.2, 0) is 9.53 Å². The van der Waals surface area contributed by atoms with Crippen LogP contribution in [0.5, 0.6) is 11.5 Å². The van der Waals surface area contributed by atoms with E-state index in [1.165, 1.54) is 38.2 Å². The number of methoxy groups -OCH3 is 1. The van der Waals surface area contributed by atoms with Crippen molar-refractivity contribution in [1.82, 2.24) is 5.32 Å². The third-order valence-electron chi connectivity index (χ3n) is 4.49. The highest BCUT2D eigenvalue weighted by molar-refractivity contribution is 6.32. The van der Waals surface area contributed by atoms with E-state index in [4.69, 9.17) is 25.8 Å². The van der Waals surface area contributed by atoms with E-state index in [1.54, 1.807) is 25.3 Å². The number of benzene rings is 1. The van der Waals surface area contributed by atoms with Gasteiger partial charge in [0.25, 0.3) is 0 Å². The Hall–Kier alpha value is -1.72. The Balaban J connectivity index is 1.75. The molecule has 0 saturated heterocycles. The number of halogens is 1. The topological polar surface area (TPSA) is 56.8 Å². The van der Waals surface area contributed by atoms with Gasteiger partial charge in [-0.15, -0.1) is 0 Å². The summed E-state index contributed by atoms with van der Waals surface area (Å²) in [7, 11) is 1.55. The summed E-state index contributed by atoms with van der Waals surface area (Å²) in [5, 5.41) is 3.32. The molecule has 0 heterocycles. The number of rotatable bonds is 10. The van der Waals surface area contributed by atoms with Gasteiger partial charge in [-0.3, -0.25) is 4.79 Å². The Kier molecular flexibility index (Phi) is 9.50. The molecule has 1 N–H and O–H groups in total. The molecule has 1 aromatic carbocycles. The van der Waals surface area contributed by atoms with Crippen LogP contribution in [0, 0.1) is 0 Å². The van der Waals surface area contributed by atoms with Gasteiger partial charge in [0.15, 0.2) is 11.5 Å². The fraction of sp³-hybridized carbons (Fsp3) is 0.571. The molecule has 6 heteroatoms. The van der Waals surface area contributed by atoms with Crippen LogP contribution in [0.3, 0.4) is 0 Å². The SMILES string of the molecule is CCOc1cc(/C=C/C(=O)NCCCOC2CCCCC2)cc(Cl)c1OC. The van der Waals surface area contributed by atoms with Crippen molar-refractivity contribution >= 4 is 23.6 Å². The van der Waals surface area contributed by atoms with Crippen LogP contribution in [-0.4, -0.2) is 38.9 Å². The Morgan fingerprint density at radius 2 is 2.07 bits per heavy atom. The Morgan fingerprint density at radius 1 is 1.30 bits per heavy atom. The first kappa shape index (κ1) is 21.6. The number of hydrogen-bond acceptors (Lipinski definition) is 4. The van der Waals surface area contributed by atoms with Crippen molar-refractivity contribution in [3.63, 3.8) is 0 Å². The van der Waals surface area contributed by atoms with Crippen LogP contribution in [0.1, 0.15) is 51.0 Å². The van der Waals surface area contributed by atoms with E-state index in [0.29, 0.717) is 42.4 Å². The van der Waals surface area contributed by atoms with E-state index >= 15 is 0 Å². The molecule has 1 aliphatic rings. The quantitative estimate of drug-likeness (QED) is 0.464. The summed E-state index contributed by atoms with van der Waals surface area (Å²) in [5.41, 5.74) is 0.778. The van der Waals surface area contributed by atoms with Crippen LogP contribution in [0.25, 0.3) is 6.08 Å². The second-order valence-corrected chi connectivity index (χ2v) is 6.98. The Morgan fingerprint density at radius 3 is 2.78 bits per heavy atom. The fourth-order valence-electron chi connectivity index (χ4n) is 3.14. The lowest BCUT2D eigenvalue weighted by molar-refractivity contribution is -0.116. The molecule has 27 heavy (non-hydrogen) atoms. The molecular weight excluding hydrogens is 366 g/mol. The van der Waals surface area contributed by atoms with Crippen LogP contribution >= 0.6 is 11.6 Å². The molecule has 2 rings (SSSR count). The zero-order chi connectivity index (χ0) is 19.5. The molecule has 0 spiro atoms. The molecule has 1 aliphatic carbocycles. The van der Waals surface area contributed by atoms with Gasteiger partial charge >= 0.3 is 0 Å². The second kappa shape index (κ2) is 11.9. The number of hydrogen-bond donors (Lipinski definition) is 1. The largest absolute Gasteiger partial charge is 0.491 e. The fourth-order valence-corrected chi connectivity index (χ4v) is 3.44. The van der Waals surface area contributed by atoms with Gasteiger partial charge in [-0.05, 0) is 50.0 Å². The summed E-state index contributed by atoms with van der Waals surface area (Å²) >= 11 is 6.21. The normalized spacial score (nSPS) is 15.1. The van der Waals surface area contributed by atoms with E-state index in [9.17, 15) is 4.79 Å². The lowest BCUT2D eigenvalue weighted by atomic mass is 9.98. The molecule has 0 aliphatic heterocycles. The van der Waals surface area contributed by atoms with Crippen molar-refractivity contribution < 1.29 is 19.0 Å². The Labute approximate surface area is 167 Å². The standard InChI is InChI=1S/C21H30ClNO4/c1-3-26-19-15-16(14-18(22)21(19)25-2)10-11-20(24)23-12-7-13-27-17-8-5-4-6-9-17/h10-11,14-15,17H,3-9,12-13H2,1-2H3,(H,23,24)/b11-10+. The number of nitrogens with one attached hydrogen (secondary N) is 1. The second-order valence-electron chi connectivity index (χ2n) is 6.58. The molecule has 1 saturated carbocycles. The van der Waals surface area contributed by atoms with Gasteiger partial charge in [0.1, 0.15) is 0 Å². The van der Waals surface area contributed by atoms with Gasteiger partial charge in [-0.25, -0.2) is 0 Å². The van der Waals surface area contributed by atoms with Crippen LogP contribution < -0.4 is 14.8 Å². The van der Waals surface area contributed by atoms with Gasteiger partial charge < -0.3 is 19.5 Å². The average molecular weight is 396 g/mol. The summed E-state index contributed by atoms with van der Waals surface area (Å²) < 4.78 is 16.7. The van der Waals surface area contributed by atoms with Gasteiger partial charge in [0.05, 0.1) is 24.8 Å². The summed E-state index contributed by atoms with van der Waals surface area (Å²) in [6.45, 7) is 3.69. The highest BCUT2D eigenvalue weighted by Crippen LogP contribution is 2.36. The molecule has 0 aromatic heterocycles. The zero-order valence-electron chi connectivity index (χ0n) is 16.3. The first-order valence-corrected chi connectivity index (χ1v) is 10.1. The molecule has 1 amide bonds. The molecule has 150 valence electrons. The minimum absolute atomic E-state index is 0.141. The maximum absolute atomic E-state index is 12.0. The number of carbonyl (C=O) groups excluding carboxylic acids is 1. The number of amides is 1.